The van der Waals surface area contributed by atoms with Gasteiger partial charge < -0.3 is 20.0 Å². The van der Waals surface area contributed by atoms with Gasteiger partial charge in [0.1, 0.15) is 0 Å². The molecule has 1 unspecified atom stereocenters. The number of rotatable bonds is 7. The lowest BCUT2D eigenvalue weighted by Gasteiger charge is -2.14. The standard InChI is InChI=1S/C14H21N3O2/c1-10(15-7-3-4-8-19-2)11-5-6-12-13(9-11)17-14(18)16-12/h5-6,9-10,15H,3-4,7-8H2,1-2H3,(H2,16,17,18). The van der Waals surface area contributed by atoms with Crippen LogP contribution in [0.5, 0.6) is 0 Å². The summed E-state index contributed by atoms with van der Waals surface area (Å²) in [5.41, 5.74) is 2.72. The van der Waals surface area contributed by atoms with Gasteiger partial charge in [0.15, 0.2) is 0 Å². The average Bonchev–Trinajstić information content (AvgIpc) is 2.77. The lowest BCUT2D eigenvalue weighted by atomic mass is 10.1. The van der Waals surface area contributed by atoms with Gasteiger partial charge in [-0.2, -0.15) is 0 Å². The molecule has 0 saturated carbocycles. The highest BCUT2D eigenvalue weighted by Crippen LogP contribution is 2.16. The van der Waals surface area contributed by atoms with Crippen molar-refractivity contribution in [3.05, 3.63) is 34.2 Å². The third-order valence-corrected chi connectivity index (χ3v) is 3.27. The maximum atomic E-state index is 11.2. The predicted molar refractivity (Wildman–Crippen MR) is 76.4 cm³/mol. The first-order chi connectivity index (χ1) is 9.20. The molecule has 2 aromatic rings. The Morgan fingerprint density at radius 1 is 1.26 bits per heavy atom. The van der Waals surface area contributed by atoms with Crippen LogP contribution in [-0.2, 0) is 4.74 Å². The number of hydrogen-bond donors (Lipinski definition) is 3. The zero-order valence-corrected chi connectivity index (χ0v) is 11.5. The van der Waals surface area contributed by atoms with Gasteiger partial charge in [-0.05, 0) is 44.0 Å². The Bertz CT molecular complexity index is 573. The van der Waals surface area contributed by atoms with Gasteiger partial charge in [-0.25, -0.2) is 4.79 Å². The third kappa shape index (κ3) is 3.68. The first kappa shape index (κ1) is 13.8. The Labute approximate surface area is 112 Å². The molecular weight excluding hydrogens is 242 g/mol. The third-order valence-electron chi connectivity index (χ3n) is 3.27. The lowest BCUT2D eigenvalue weighted by molar-refractivity contribution is 0.192. The zero-order chi connectivity index (χ0) is 13.7. The van der Waals surface area contributed by atoms with Crippen LogP contribution < -0.4 is 11.0 Å². The number of benzene rings is 1. The van der Waals surface area contributed by atoms with Crippen molar-refractivity contribution in [1.29, 1.82) is 0 Å². The molecule has 5 nitrogen and oxygen atoms in total. The Balaban J connectivity index is 1.93. The molecule has 1 atom stereocenters. The summed E-state index contributed by atoms with van der Waals surface area (Å²) in [6.07, 6.45) is 2.17. The fraction of sp³-hybridized carbons (Fsp3) is 0.500. The number of methoxy groups -OCH3 is 1. The molecule has 104 valence electrons. The van der Waals surface area contributed by atoms with Crippen molar-refractivity contribution in [3.8, 4) is 0 Å². The monoisotopic (exact) mass is 263 g/mol. The first-order valence-corrected chi connectivity index (χ1v) is 6.65. The molecule has 2 rings (SSSR count). The van der Waals surface area contributed by atoms with Crippen molar-refractivity contribution in [2.45, 2.75) is 25.8 Å². The Hall–Kier alpha value is -1.59. The number of aromatic amines is 2. The van der Waals surface area contributed by atoms with Crippen LogP contribution in [0.25, 0.3) is 11.0 Å². The van der Waals surface area contributed by atoms with Gasteiger partial charge in [0.25, 0.3) is 0 Å². The summed E-state index contributed by atoms with van der Waals surface area (Å²) in [5.74, 6) is 0. The van der Waals surface area contributed by atoms with E-state index in [9.17, 15) is 4.79 Å². The summed E-state index contributed by atoms with van der Waals surface area (Å²) in [7, 11) is 1.73. The molecule has 0 amide bonds. The summed E-state index contributed by atoms with van der Waals surface area (Å²) in [4.78, 5) is 16.7. The van der Waals surface area contributed by atoms with Crippen molar-refractivity contribution >= 4 is 11.0 Å². The SMILES string of the molecule is COCCCCNC(C)c1ccc2[nH]c(=O)[nH]c2c1. The second kappa shape index (κ2) is 6.54. The topological polar surface area (TPSA) is 69.9 Å². The quantitative estimate of drug-likeness (QED) is 0.669. The van der Waals surface area contributed by atoms with E-state index in [1.165, 1.54) is 5.56 Å². The van der Waals surface area contributed by atoms with E-state index >= 15 is 0 Å². The smallest absolute Gasteiger partial charge is 0.323 e. The molecule has 0 aliphatic rings. The fourth-order valence-electron chi connectivity index (χ4n) is 2.13. The fourth-order valence-corrected chi connectivity index (χ4v) is 2.13. The van der Waals surface area contributed by atoms with Gasteiger partial charge in [0.2, 0.25) is 0 Å². The van der Waals surface area contributed by atoms with Crippen molar-refractivity contribution in [2.24, 2.45) is 0 Å². The number of unbranched alkanes of at least 4 members (excludes halogenated alkanes) is 1. The Kier molecular flexibility index (Phi) is 4.76. The summed E-state index contributed by atoms with van der Waals surface area (Å²) in [5, 5.41) is 3.47. The minimum absolute atomic E-state index is 0.160. The van der Waals surface area contributed by atoms with E-state index in [-0.39, 0.29) is 11.7 Å². The highest BCUT2D eigenvalue weighted by atomic mass is 16.5. The second-order valence-corrected chi connectivity index (χ2v) is 4.76. The molecule has 0 fully saturated rings. The molecule has 1 heterocycles. The number of ether oxygens (including phenoxy) is 1. The molecule has 0 aliphatic carbocycles. The van der Waals surface area contributed by atoms with Gasteiger partial charge >= 0.3 is 5.69 Å². The maximum Gasteiger partial charge on any atom is 0.323 e. The molecule has 0 bridgehead atoms. The van der Waals surface area contributed by atoms with E-state index in [0.29, 0.717) is 0 Å². The van der Waals surface area contributed by atoms with E-state index in [4.69, 9.17) is 4.74 Å². The van der Waals surface area contributed by atoms with Crippen molar-refractivity contribution < 1.29 is 4.74 Å². The number of hydrogen-bond acceptors (Lipinski definition) is 3. The van der Waals surface area contributed by atoms with Gasteiger partial charge in [0.05, 0.1) is 11.0 Å². The van der Waals surface area contributed by atoms with E-state index < -0.39 is 0 Å². The van der Waals surface area contributed by atoms with Crippen LogP contribution in [0, 0.1) is 0 Å². The lowest BCUT2D eigenvalue weighted by Crippen LogP contribution is -2.20. The first-order valence-electron chi connectivity index (χ1n) is 6.65. The molecule has 3 N–H and O–H groups in total. The highest BCUT2D eigenvalue weighted by molar-refractivity contribution is 5.75. The summed E-state index contributed by atoms with van der Waals surface area (Å²) < 4.78 is 5.02. The molecule has 0 spiro atoms. The Morgan fingerprint density at radius 3 is 2.84 bits per heavy atom. The molecular formula is C14H21N3O2. The van der Waals surface area contributed by atoms with E-state index in [0.717, 1.165) is 37.0 Å². The normalized spacial score (nSPS) is 12.9. The molecule has 1 aromatic heterocycles. The zero-order valence-electron chi connectivity index (χ0n) is 11.5. The van der Waals surface area contributed by atoms with E-state index in [1.54, 1.807) is 7.11 Å². The van der Waals surface area contributed by atoms with Crippen LogP contribution >= 0.6 is 0 Å². The molecule has 0 saturated heterocycles. The summed E-state index contributed by atoms with van der Waals surface area (Å²) in [6, 6.07) is 6.26. The Morgan fingerprint density at radius 2 is 2.05 bits per heavy atom. The minimum Gasteiger partial charge on any atom is -0.385 e. The number of fused-ring (bicyclic) bond motifs is 1. The molecule has 0 radical (unpaired) electrons. The molecule has 5 heteroatoms. The highest BCUT2D eigenvalue weighted by Gasteiger charge is 2.06. The largest absolute Gasteiger partial charge is 0.385 e. The molecule has 1 aromatic carbocycles. The van der Waals surface area contributed by atoms with Crippen molar-refractivity contribution in [1.82, 2.24) is 15.3 Å². The van der Waals surface area contributed by atoms with Gasteiger partial charge in [-0.1, -0.05) is 6.07 Å². The second-order valence-electron chi connectivity index (χ2n) is 4.76. The van der Waals surface area contributed by atoms with Gasteiger partial charge in [-0.15, -0.1) is 0 Å². The van der Waals surface area contributed by atoms with Crippen molar-refractivity contribution in [2.75, 3.05) is 20.3 Å². The van der Waals surface area contributed by atoms with Gasteiger partial charge in [-0.3, -0.25) is 0 Å². The van der Waals surface area contributed by atoms with Crippen LogP contribution in [-0.4, -0.2) is 30.2 Å². The summed E-state index contributed by atoms with van der Waals surface area (Å²) >= 11 is 0. The van der Waals surface area contributed by atoms with Crippen molar-refractivity contribution in [3.63, 3.8) is 0 Å². The number of H-pyrrole nitrogens is 2. The van der Waals surface area contributed by atoms with Crippen LogP contribution in [0.2, 0.25) is 0 Å². The number of aromatic nitrogens is 2. The van der Waals surface area contributed by atoms with Crippen LogP contribution in [0.15, 0.2) is 23.0 Å². The van der Waals surface area contributed by atoms with E-state index in [2.05, 4.69) is 22.2 Å². The maximum absolute atomic E-state index is 11.2. The van der Waals surface area contributed by atoms with E-state index in [1.807, 2.05) is 18.2 Å². The molecule has 0 aliphatic heterocycles. The van der Waals surface area contributed by atoms with Gasteiger partial charge in [0, 0.05) is 19.8 Å². The number of nitrogens with one attached hydrogen (secondary N) is 3. The predicted octanol–water partition coefficient (Wildman–Crippen LogP) is 1.93. The average molecular weight is 263 g/mol. The summed E-state index contributed by atoms with van der Waals surface area (Å²) in [6.45, 7) is 3.90. The molecule has 19 heavy (non-hydrogen) atoms. The van der Waals surface area contributed by atoms with Crippen LogP contribution in [0.1, 0.15) is 31.4 Å². The van der Waals surface area contributed by atoms with Crippen LogP contribution in [0.4, 0.5) is 0 Å². The minimum atomic E-state index is -0.160. The number of imidazole rings is 1. The van der Waals surface area contributed by atoms with Crippen LogP contribution in [0.3, 0.4) is 0 Å².